The summed E-state index contributed by atoms with van der Waals surface area (Å²) in [5, 5.41) is 12.6. The summed E-state index contributed by atoms with van der Waals surface area (Å²) in [6, 6.07) is 5.11. The molecule has 1 fully saturated rings. The zero-order valence-corrected chi connectivity index (χ0v) is 13.3. The third-order valence-electron chi connectivity index (χ3n) is 4.23. The minimum atomic E-state index is -0.902. The van der Waals surface area contributed by atoms with Crippen LogP contribution in [0.5, 0.6) is 0 Å². The Bertz CT molecular complexity index is 646. The van der Waals surface area contributed by atoms with E-state index in [0.717, 1.165) is 10.9 Å². The summed E-state index contributed by atoms with van der Waals surface area (Å²) in [6.07, 6.45) is 4.63. The highest BCUT2D eigenvalue weighted by atomic mass is 79.9. The second kappa shape index (κ2) is 5.46. The fourth-order valence-corrected chi connectivity index (χ4v) is 3.74. The van der Waals surface area contributed by atoms with Crippen molar-refractivity contribution in [2.24, 2.45) is 23.7 Å². The summed E-state index contributed by atoms with van der Waals surface area (Å²) in [7, 11) is 0. The lowest BCUT2D eigenvalue weighted by Gasteiger charge is -2.23. The monoisotopic (exact) mass is 369 g/mol. The Labute approximate surface area is 135 Å². The van der Waals surface area contributed by atoms with Crippen LogP contribution in [0.1, 0.15) is 6.42 Å². The van der Waals surface area contributed by atoms with E-state index in [9.17, 15) is 14.7 Å². The first-order chi connectivity index (χ1) is 9.97. The number of benzene rings is 1. The van der Waals surface area contributed by atoms with E-state index in [4.69, 9.17) is 11.6 Å². The number of allylic oxidation sites excluding steroid dienone is 2. The lowest BCUT2D eigenvalue weighted by Crippen LogP contribution is -2.36. The molecule has 0 unspecified atom stereocenters. The number of fused-ring (bicyclic) bond motifs is 2. The van der Waals surface area contributed by atoms with Crippen LogP contribution >= 0.6 is 27.5 Å². The first-order valence-electron chi connectivity index (χ1n) is 6.64. The van der Waals surface area contributed by atoms with Gasteiger partial charge in [-0.3, -0.25) is 9.59 Å². The standard InChI is InChI=1S/C15H13BrClNO3/c16-10-4-3-9(6-11(10)17)18-14(19)12-7-1-2-8(5-7)13(12)15(20)21/h1-4,6-8,12-13H,5H2,(H,18,19)(H,20,21)/t7-,8+,12-,13+/m1/s1. The van der Waals surface area contributed by atoms with Crippen LogP contribution in [0.15, 0.2) is 34.8 Å². The maximum atomic E-state index is 12.5. The van der Waals surface area contributed by atoms with Gasteiger partial charge in [-0.05, 0) is 52.4 Å². The second-order valence-corrected chi connectivity index (χ2v) is 6.72. The molecule has 3 rings (SSSR count). The topological polar surface area (TPSA) is 66.4 Å². The van der Waals surface area contributed by atoms with Crippen LogP contribution in [0.2, 0.25) is 5.02 Å². The van der Waals surface area contributed by atoms with E-state index in [2.05, 4.69) is 21.2 Å². The summed E-state index contributed by atoms with van der Waals surface area (Å²) in [5.41, 5.74) is 0.573. The number of aliphatic carboxylic acids is 1. The molecular weight excluding hydrogens is 358 g/mol. The van der Waals surface area contributed by atoms with E-state index < -0.39 is 17.8 Å². The van der Waals surface area contributed by atoms with Gasteiger partial charge >= 0.3 is 5.97 Å². The minimum Gasteiger partial charge on any atom is -0.481 e. The molecule has 2 N–H and O–H groups in total. The predicted octanol–water partition coefficient (Wildman–Crippen LogP) is 3.56. The number of carboxylic acids is 1. The molecule has 6 heteroatoms. The highest BCUT2D eigenvalue weighted by Crippen LogP contribution is 2.48. The zero-order chi connectivity index (χ0) is 15.1. The number of rotatable bonds is 3. The quantitative estimate of drug-likeness (QED) is 0.800. The SMILES string of the molecule is O=C(O)[C@@H]1[C@H](C(=O)Nc2ccc(Br)c(Cl)c2)[C@@H]2C=C[C@H]1C2. The lowest BCUT2D eigenvalue weighted by molar-refractivity contribution is -0.146. The number of carbonyl (C=O) groups is 2. The third kappa shape index (κ3) is 2.60. The summed E-state index contributed by atoms with van der Waals surface area (Å²) in [6.45, 7) is 0. The van der Waals surface area contributed by atoms with Gasteiger partial charge in [0.15, 0.2) is 0 Å². The molecule has 1 aromatic carbocycles. The van der Waals surface area contributed by atoms with Crippen molar-refractivity contribution >= 4 is 45.1 Å². The third-order valence-corrected chi connectivity index (χ3v) is 5.47. The maximum absolute atomic E-state index is 12.5. The van der Waals surface area contributed by atoms with E-state index in [0.29, 0.717) is 10.7 Å². The maximum Gasteiger partial charge on any atom is 0.307 e. The van der Waals surface area contributed by atoms with Crippen molar-refractivity contribution in [3.63, 3.8) is 0 Å². The molecule has 110 valence electrons. The normalized spacial score (nSPS) is 29.6. The van der Waals surface area contributed by atoms with Crippen molar-refractivity contribution in [2.45, 2.75) is 6.42 Å². The molecule has 0 radical (unpaired) electrons. The second-order valence-electron chi connectivity index (χ2n) is 5.46. The van der Waals surface area contributed by atoms with Gasteiger partial charge in [0.2, 0.25) is 5.91 Å². The Kier molecular flexibility index (Phi) is 3.80. The van der Waals surface area contributed by atoms with Gasteiger partial charge in [-0.1, -0.05) is 23.8 Å². The Morgan fingerprint density at radius 1 is 1.24 bits per heavy atom. The van der Waals surface area contributed by atoms with Crippen LogP contribution in [0.25, 0.3) is 0 Å². The number of hydrogen-bond acceptors (Lipinski definition) is 2. The number of hydrogen-bond donors (Lipinski definition) is 2. The van der Waals surface area contributed by atoms with E-state index in [1.165, 1.54) is 0 Å². The zero-order valence-electron chi connectivity index (χ0n) is 10.9. The largest absolute Gasteiger partial charge is 0.481 e. The molecule has 2 aliphatic carbocycles. The molecule has 0 spiro atoms. The smallest absolute Gasteiger partial charge is 0.307 e. The molecule has 4 nitrogen and oxygen atoms in total. The molecule has 0 aromatic heterocycles. The van der Waals surface area contributed by atoms with Gasteiger partial charge in [0, 0.05) is 10.2 Å². The number of nitrogens with one attached hydrogen (secondary N) is 1. The fourth-order valence-electron chi connectivity index (χ4n) is 3.32. The van der Waals surface area contributed by atoms with Gasteiger partial charge in [0.1, 0.15) is 0 Å². The summed E-state index contributed by atoms with van der Waals surface area (Å²) >= 11 is 9.28. The first kappa shape index (κ1) is 14.6. The van der Waals surface area contributed by atoms with Crippen molar-refractivity contribution in [1.82, 2.24) is 0 Å². The van der Waals surface area contributed by atoms with Gasteiger partial charge < -0.3 is 10.4 Å². The molecule has 0 aliphatic heterocycles. The average molecular weight is 371 g/mol. The molecule has 0 heterocycles. The Balaban J connectivity index is 1.80. The minimum absolute atomic E-state index is 0.0158. The average Bonchev–Trinajstić information content (AvgIpc) is 3.03. The van der Waals surface area contributed by atoms with E-state index in [-0.39, 0.29) is 17.7 Å². The molecule has 1 amide bonds. The molecule has 0 saturated heterocycles. The fraction of sp³-hybridized carbons (Fsp3) is 0.333. The van der Waals surface area contributed by atoms with Gasteiger partial charge in [0.25, 0.3) is 0 Å². The van der Waals surface area contributed by atoms with Crippen molar-refractivity contribution in [1.29, 1.82) is 0 Å². The van der Waals surface area contributed by atoms with Crippen molar-refractivity contribution < 1.29 is 14.7 Å². The number of amides is 1. The van der Waals surface area contributed by atoms with Gasteiger partial charge in [0.05, 0.1) is 16.9 Å². The van der Waals surface area contributed by atoms with Crippen LogP contribution < -0.4 is 5.32 Å². The van der Waals surface area contributed by atoms with Crippen LogP contribution in [0.3, 0.4) is 0 Å². The predicted molar refractivity (Wildman–Crippen MR) is 83.1 cm³/mol. The van der Waals surface area contributed by atoms with Crippen LogP contribution in [-0.2, 0) is 9.59 Å². The Morgan fingerprint density at radius 3 is 2.52 bits per heavy atom. The molecular formula is C15H13BrClNO3. The van der Waals surface area contributed by atoms with Crippen LogP contribution in [0.4, 0.5) is 5.69 Å². The molecule has 1 aromatic rings. The summed E-state index contributed by atoms with van der Waals surface area (Å²) in [4.78, 5) is 23.9. The van der Waals surface area contributed by atoms with Crippen LogP contribution in [0, 0.1) is 23.7 Å². The molecule has 1 saturated carbocycles. The Hall–Kier alpha value is -1.33. The van der Waals surface area contributed by atoms with Crippen molar-refractivity contribution in [3.8, 4) is 0 Å². The summed E-state index contributed by atoms with van der Waals surface area (Å²) < 4.78 is 0.744. The van der Waals surface area contributed by atoms with E-state index >= 15 is 0 Å². The molecule has 4 atom stereocenters. The Morgan fingerprint density at radius 2 is 1.90 bits per heavy atom. The number of halogens is 2. The van der Waals surface area contributed by atoms with Gasteiger partial charge in [-0.2, -0.15) is 0 Å². The van der Waals surface area contributed by atoms with Crippen molar-refractivity contribution in [3.05, 3.63) is 39.8 Å². The number of carbonyl (C=O) groups excluding carboxylic acids is 1. The number of carboxylic acid groups (broad SMARTS) is 1. The van der Waals surface area contributed by atoms with Crippen molar-refractivity contribution in [2.75, 3.05) is 5.32 Å². The number of anilines is 1. The van der Waals surface area contributed by atoms with Crippen LogP contribution in [-0.4, -0.2) is 17.0 Å². The highest BCUT2D eigenvalue weighted by molar-refractivity contribution is 9.10. The molecule has 21 heavy (non-hydrogen) atoms. The first-order valence-corrected chi connectivity index (χ1v) is 7.81. The van der Waals surface area contributed by atoms with Gasteiger partial charge in [-0.25, -0.2) is 0 Å². The van der Waals surface area contributed by atoms with E-state index in [1.807, 2.05) is 12.2 Å². The molecule has 2 bridgehead atoms. The highest BCUT2D eigenvalue weighted by Gasteiger charge is 2.51. The lowest BCUT2D eigenvalue weighted by atomic mass is 9.82. The van der Waals surface area contributed by atoms with Gasteiger partial charge in [-0.15, -0.1) is 0 Å². The van der Waals surface area contributed by atoms with E-state index in [1.54, 1.807) is 18.2 Å². The molecule has 2 aliphatic rings. The summed E-state index contributed by atoms with van der Waals surface area (Å²) in [5.74, 6) is -2.32.